The zero-order valence-corrected chi connectivity index (χ0v) is 16.9. The van der Waals surface area contributed by atoms with Gasteiger partial charge in [-0.15, -0.1) is 10.2 Å². The van der Waals surface area contributed by atoms with Crippen LogP contribution in [0.1, 0.15) is 17.0 Å². The fourth-order valence-electron chi connectivity index (χ4n) is 2.44. The third-order valence-corrected chi connectivity index (χ3v) is 5.00. The van der Waals surface area contributed by atoms with Crippen LogP contribution in [0.4, 0.5) is 0 Å². The maximum absolute atomic E-state index is 12.0. The number of thioether (sulfide) groups is 1. The predicted octanol–water partition coefficient (Wildman–Crippen LogP) is 4.06. The number of ether oxygens (including phenoxy) is 1. The maximum atomic E-state index is 12.0. The van der Waals surface area contributed by atoms with Crippen LogP contribution in [0, 0.1) is 6.92 Å². The molecular formula is C20H20ClN3O3S. The lowest BCUT2D eigenvalue weighted by Gasteiger charge is -2.06. The molecule has 2 aromatic carbocycles. The highest BCUT2D eigenvalue weighted by Gasteiger charge is 2.10. The van der Waals surface area contributed by atoms with Gasteiger partial charge in [-0.05, 0) is 48.7 Å². The van der Waals surface area contributed by atoms with Crippen molar-refractivity contribution in [3.8, 4) is 5.75 Å². The van der Waals surface area contributed by atoms with Gasteiger partial charge in [0.1, 0.15) is 5.75 Å². The average Bonchev–Trinajstić information content (AvgIpc) is 3.15. The number of carbonyl (C=O) groups is 1. The van der Waals surface area contributed by atoms with E-state index in [-0.39, 0.29) is 18.3 Å². The summed E-state index contributed by atoms with van der Waals surface area (Å²) in [4.78, 5) is 12.0. The highest BCUT2D eigenvalue weighted by molar-refractivity contribution is 7.99. The molecule has 1 heterocycles. The van der Waals surface area contributed by atoms with Gasteiger partial charge in [-0.1, -0.05) is 47.6 Å². The Hall–Kier alpha value is -2.51. The normalized spacial score (nSPS) is 10.6. The molecule has 0 atom stereocenters. The second-order valence-corrected chi connectivity index (χ2v) is 7.38. The molecule has 1 amide bonds. The third kappa shape index (κ3) is 6.28. The zero-order chi connectivity index (χ0) is 19.8. The van der Waals surface area contributed by atoms with E-state index in [1.54, 1.807) is 24.3 Å². The van der Waals surface area contributed by atoms with Gasteiger partial charge in [0.15, 0.2) is 6.61 Å². The molecule has 0 unspecified atom stereocenters. The monoisotopic (exact) mass is 417 g/mol. The molecule has 3 aromatic rings. The molecule has 0 aliphatic carbocycles. The summed E-state index contributed by atoms with van der Waals surface area (Å²) in [7, 11) is 0. The molecule has 0 bridgehead atoms. The number of aryl methyl sites for hydroxylation is 1. The van der Waals surface area contributed by atoms with Crippen molar-refractivity contribution in [2.24, 2.45) is 0 Å². The summed E-state index contributed by atoms with van der Waals surface area (Å²) in [6.45, 7) is 2.81. The van der Waals surface area contributed by atoms with Gasteiger partial charge in [-0.25, -0.2) is 0 Å². The molecule has 0 saturated carbocycles. The van der Waals surface area contributed by atoms with Crippen LogP contribution >= 0.6 is 23.4 Å². The van der Waals surface area contributed by atoms with E-state index in [1.807, 2.05) is 12.1 Å². The Labute approximate surface area is 172 Å². The lowest BCUT2D eigenvalue weighted by atomic mass is 10.1. The number of nitrogens with one attached hydrogen (secondary N) is 1. The molecule has 1 N–H and O–H groups in total. The van der Waals surface area contributed by atoms with E-state index >= 15 is 0 Å². The van der Waals surface area contributed by atoms with Gasteiger partial charge >= 0.3 is 0 Å². The van der Waals surface area contributed by atoms with Crippen LogP contribution < -0.4 is 10.1 Å². The third-order valence-electron chi connectivity index (χ3n) is 3.93. The fourth-order valence-corrected chi connectivity index (χ4v) is 3.17. The summed E-state index contributed by atoms with van der Waals surface area (Å²) in [5, 5.41) is 11.7. The SMILES string of the molecule is Cc1ccccc1CCNC(=O)CSc1nnc(COc2ccc(Cl)cc2)o1. The minimum atomic E-state index is -0.0734. The molecule has 6 nitrogen and oxygen atoms in total. The summed E-state index contributed by atoms with van der Waals surface area (Å²) in [5.74, 6) is 1.14. The quantitative estimate of drug-likeness (QED) is 0.529. The maximum Gasteiger partial charge on any atom is 0.277 e. The first-order chi connectivity index (χ1) is 13.6. The number of amides is 1. The number of benzene rings is 2. The second-order valence-electron chi connectivity index (χ2n) is 6.02. The average molecular weight is 418 g/mol. The Kier molecular flexibility index (Phi) is 7.33. The van der Waals surface area contributed by atoms with Gasteiger partial charge in [0.2, 0.25) is 5.91 Å². The van der Waals surface area contributed by atoms with Gasteiger partial charge < -0.3 is 14.5 Å². The van der Waals surface area contributed by atoms with Crippen molar-refractivity contribution in [3.63, 3.8) is 0 Å². The summed E-state index contributed by atoms with van der Waals surface area (Å²) < 4.78 is 11.0. The highest BCUT2D eigenvalue weighted by atomic mass is 35.5. The van der Waals surface area contributed by atoms with Crippen LogP contribution in [0.5, 0.6) is 5.75 Å². The minimum absolute atomic E-state index is 0.0734. The van der Waals surface area contributed by atoms with E-state index in [1.165, 1.54) is 22.9 Å². The molecule has 146 valence electrons. The lowest BCUT2D eigenvalue weighted by molar-refractivity contribution is -0.118. The van der Waals surface area contributed by atoms with Crippen LogP contribution in [0.15, 0.2) is 58.2 Å². The van der Waals surface area contributed by atoms with Crippen molar-refractivity contribution in [2.45, 2.75) is 25.2 Å². The summed E-state index contributed by atoms with van der Waals surface area (Å²) >= 11 is 7.03. The molecule has 0 fully saturated rings. The van der Waals surface area contributed by atoms with Crippen LogP contribution in [-0.4, -0.2) is 28.4 Å². The fraction of sp³-hybridized carbons (Fsp3) is 0.250. The highest BCUT2D eigenvalue weighted by Crippen LogP contribution is 2.19. The van der Waals surface area contributed by atoms with E-state index in [9.17, 15) is 4.79 Å². The number of rotatable bonds is 9. The first kappa shape index (κ1) is 20.2. The van der Waals surface area contributed by atoms with Crippen LogP contribution in [-0.2, 0) is 17.8 Å². The van der Waals surface area contributed by atoms with Crippen molar-refractivity contribution >= 4 is 29.3 Å². The summed E-state index contributed by atoms with van der Waals surface area (Å²) in [5.41, 5.74) is 2.46. The molecule has 0 saturated heterocycles. The standard InChI is InChI=1S/C20H20ClN3O3S/c1-14-4-2-3-5-15(14)10-11-22-18(25)13-28-20-24-23-19(27-20)12-26-17-8-6-16(21)7-9-17/h2-9H,10-13H2,1H3,(H,22,25). The number of aromatic nitrogens is 2. The van der Waals surface area contributed by atoms with Gasteiger partial charge in [-0.3, -0.25) is 4.79 Å². The Morgan fingerprint density at radius 3 is 2.75 bits per heavy atom. The molecule has 8 heteroatoms. The van der Waals surface area contributed by atoms with E-state index in [0.717, 1.165) is 6.42 Å². The molecule has 1 aromatic heterocycles. The lowest BCUT2D eigenvalue weighted by Crippen LogP contribution is -2.27. The summed E-state index contributed by atoms with van der Waals surface area (Å²) in [6, 6.07) is 15.1. The van der Waals surface area contributed by atoms with Crippen molar-refractivity contribution in [2.75, 3.05) is 12.3 Å². The molecule has 0 radical (unpaired) electrons. The van der Waals surface area contributed by atoms with Crippen molar-refractivity contribution in [3.05, 3.63) is 70.6 Å². The van der Waals surface area contributed by atoms with Crippen LogP contribution in [0.25, 0.3) is 0 Å². The van der Waals surface area contributed by atoms with Gasteiger partial charge in [0.25, 0.3) is 11.1 Å². The number of halogens is 1. The molecule has 0 spiro atoms. The predicted molar refractivity (Wildman–Crippen MR) is 109 cm³/mol. The first-order valence-corrected chi connectivity index (χ1v) is 10.1. The minimum Gasteiger partial charge on any atom is -0.484 e. The Morgan fingerprint density at radius 1 is 1.18 bits per heavy atom. The Balaban J connectivity index is 1.37. The topological polar surface area (TPSA) is 77.2 Å². The first-order valence-electron chi connectivity index (χ1n) is 8.75. The van der Waals surface area contributed by atoms with Gasteiger partial charge in [0, 0.05) is 11.6 Å². The number of nitrogens with zero attached hydrogens (tertiary/aromatic N) is 2. The van der Waals surface area contributed by atoms with Crippen LogP contribution in [0.3, 0.4) is 0 Å². The molecule has 0 aliphatic rings. The largest absolute Gasteiger partial charge is 0.484 e. The van der Waals surface area contributed by atoms with E-state index in [4.69, 9.17) is 20.8 Å². The van der Waals surface area contributed by atoms with Crippen molar-refractivity contribution in [1.82, 2.24) is 15.5 Å². The number of carbonyl (C=O) groups excluding carboxylic acids is 1. The van der Waals surface area contributed by atoms with E-state index in [2.05, 4.69) is 34.6 Å². The van der Waals surface area contributed by atoms with Crippen molar-refractivity contribution in [1.29, 1.82) is 0 Å². The molecule has 28 heavy (non-hydrogen) atoms. The van der Waals surface area contributed by atoms with Gasteiger partial charge in [-0.2, -0.15) is 0 Å². The van der Waals surface area contributed by atoms with E-state index in [0.29, 0.717) is 28.4 Å². The molecular weight excluding hydrogens is 398 g/mol. The molecule has 0 aliphatic heterocycles. The van der Waals surface area contributed by atoms with Crippen LogP contribution in [0.2, 0.25) is 5.02 Å². The number of hydrogen-bond acceptors (Lipinski definition) is 6. The van der Waals surface area contributed by atoms with Crippen molar-refractivity contribution < 1.29 is 13.9 Å². The summed E-state index contributed by atoms with van der Waals surface area (Å²) in [6.07, 6.45) is 0.801. The van der Waals surface area contributed by atoms with Gasteiger partial charge in [0.05, 0.1) is 5.75 Å². The zero-order valence-electron chi connectivity index (χ0n) is 15.4. The Morgan fingerprint density at radius 2 is 1.96 bits per heavy atom. The van der Waals surface area contributed by atoms with E-state index < -0.39 is 0 Å². The second kappa shape index (κ2) is 10.1. The Bertz CT molecular complexity index is 915. The number of hydrogen-bond donors (Lipinski definition) is 1. The smallest absolute Gasteiger partial charge is 0.277 e. The molecule has 3 rings (SSSR count).